The van der Waals surface area contributed by atoms with E-state index in [9.17, 15) is 9.59 Å². The molecule has 1 aromatic carbocycles. The largest absolute Gasteiger partial charge is 0.466 e. The smallest absolute Gasteiger partial charge is 0.306 e. The lowest BCUT2D eigenvalue weighted by atomic mass is 10.1. The summed E-state index contributed by atoms with van der Waals surface area (Å²) in [5.41, 5.74) is 1.33. The summed E-state index contributed by atoms with van der Waals surface area (Å²) in [6.45, 7) is 3.66. The van der Waals surface area contributed by atoms with Crippen molar-refractivity contribution in [2.45, 2.75) is 31.4 Å². The lowest BCUT2D eigenvalue weighted by Crippen LogP contribution is -2.33. The first-order valence-electron chi connectivity index (χ1n) is 7.80. The highest BCUT2D eigenvalue weighted by Crippen LogP contribution is 2.34. The van der Waals surface area contributed by atoms with E-state index in [-0.39, 0.29) is 24.7 Å². The zero-order chi connectivity index (χ0) is 15.8. The molecule has 0 radical (unpaired) electrons. The molecule has 0 aromatic heterocycles. The minimum absolute atomic E-state index is 0.0577. The van der Waals surface area contributed by atoms with E-state index in [0.717, 1.165) is 25.3 Å². The third-order valence-electron chi connectivity index (χ3n) is 3.71. The highest BCUT2D eigenvalue weighted by molar-refractivity contribution is 7.99. The fourth-order valence-electron chi connectivity index (χ4n) is 2.55. The number of carbonyl (C=O) groups excluding carboxylic acids is 2. The lowest BCUT2D eigenvalue weighted by Gasteiger charge is -2.20. The summed E-state index contributed by atoms with van der Waals surface area (Å²) in [5, 5.41) is 0.448. The maximum atomic E-state index is 12.2. The molecule has 1 aliphatic rings. The second kappa shape index (κ2) is 8.83. The highest BCUT2D eigenvalue weighted by atomic mass is 32.2. The number of thioether (sulfide) groups is 1. The van der Waals surface area contributed by atoms with Gasteiger partial charge in [-0.05, 0) is 18.9 Å². The number of esters is 1. The van der Waals surface area contributed by atoms with Gasteiger partial charge in [0.25, 0.3) is 0 Å². The Morgan fingerprint density at radius 2 is 2.00 bits per heavy atom. The summed E-state index contributed by atoms with van der Waals surface area (Å²) in [4.78, 5) is 25.4. The fourth-order valence-corrected chi connectivity index (χ4v) is 3.79. The van der Waals surface area contributed by atoms with Gasteiger partial charge in [0.1, 0.15) is 0 Å². The van der Waals surface area contributed by atoms with E-state index in [2.05, 4.69) is 24.3 Å². The van der Waals surface area contributed by atoms with Gasteiger partial charge in [0.15, 0.2) is 0 Å². The molecule has 1 atom stereocenters. The fraction of sp³-hybridized carbons (Fsp3) is 0.529. The van der Waals surface area contributed by atoms with Crippen molar-refractivity contribution in [3.05, 3.63) is 35.9 Å². The molecule has 1 unspecified atom stereocenters. The quantitative estimate of drug-likeness (QED) is 0.782. The van der Waals surface area contributed by atoms with E-state index in [0.29, 0.717) is 11.9 Å². The van der Waals surface area contributed by atoms with E-state index in [1.54, 1.807) is 6.92 Å². The average molecular weight is 321 g/mol. The van der Waals surface area contributed by atoms with Crippen LogP contribution < -0.4 is 0 Å². The maximum absolute atomic E-state index is 12.2. The molecule has 0 bridgehead atoms. The molecule has 0 N–H and O–H groups in total. The van der Waals surface area contributed by atoms with Gasteiger partial charge in [-0.15, -0.1) is 0 Å². The van der Waals surface area contributed by atoms with Crippen molar-refractivity contribution < 1.29 is 14.3 Å². The molecule has 22 heavy (non-hydrogen) atoms. The zero-order valence-electron chi connectivity index (χ0n) is 13.0. The third kappa shape index (κ3) is 5.05. The number of amides is 1. The van der Waals surface area contributed by atoms with Crippen molar-refractivity contribution in [1.29, 1.82) is 0 Å². The number of hydrogen-bond acceptors (Lipinski definition) is 4. The molecule has 5 heteroatoms. The van der Waals surface area contributed by atoms with Crippen molar-refractivity contribution in [3.63, 3.8) is 0 Å². The number of nitrogens with zero attached hydrogens (tertiary/aromatic N) is 1. The number of rotatable bonds is 5. The van der Waals surface area contributed by atoms with E-state index in [1.165, 1.54) is 5.56 Å². The Bertz CT molecular complexity index is 492. The number of carbonyl (C=O) groups is 2. The maximum Gasteiger partial charge on any atom is 0.306 e. The molecule has 1 aromatic rings. The van der Waals surface area contributed by atoms with Crippen LogP contribution in [0.1, 0.15) is 37.0 Å². The van der Waals surface area contributed by atoms with Crippen LogP contribution in [0.25, 0.3) is 0 Å². The number of hydrogen-bond donors (Lipinski definition) is 0. The van der Waals surface area contributed by atoms with Crippen molar-refractivity contribution >= 4 is 23.6 Å². The predicted molar refractivity (Wildman–Crippen MR) is 88.7 cm³/mol. The average Bonchev–Trinajstić information content (AvgIpc) is 2.80. The molecule has 1 aliphatic heterocycles. The van der Waals surface area contributed by atoms with Crippen LogP contribution in [0.5, 0.6) is 0 Å². The van der Waals surface area contributed by atoms with Crippen LogP contribution >= 0.6 is 11.8 Å². The first kappa shape index (κ1) is 16.9. The molecule has 0 aliphatic carbocycles. The highest BCUT2D eigenvalue weighted by Gasteiger charge is 2.22. The van der Waals surface area contributed by atoms with Crippen LogP contribution in [0.2, 0.25) is 0 Å². The Balaban J connectivity index is 1.82. The summed E-state index contributed by atoms with van der Waals surface area (Å²) in [6, 6.07) is 10.4. The third-order valence-corrected chi connectivity index (χ3v) is 5.04. The summed E-state index contributed by atoms with van der Waals surface area (Å²) in [6.07, 6.45) is 1.39. The van der Waals surface area contributed by atoms with Crippen LogP contribution in [0.15, 0.2) is 30.3 Å². The van der Waals surface area contributed by atoms with E-state index in [1.807, 2.05) is 22.7 Å². The molecule has 4 nitrogen and oxygen atoms in total. The molecule has 1 heterocycles. The lowest BCUT2D eigenvalue weighted by molar-refractivity contribution is -0.145. The van der Waals surface area contributed by atoms with E-state index >= 15 is 0 Å². The molecule has 2 rings (SSSR count). The number of benzene rings is 1. The summed E-state index contributed by atoms with van der Waals surface area (Å²) < 4.78 is 4.87. The van der Waals surface area contributed by atoms with Gasteiger partial charge in [0, 0.05) is 30.5 Å². The summed E-state index contributed by atoms with van der Waals surface area (Å²) in [7, 11) is 0. The van der Waals surface area contributed by atoms with Crippen molar-refractivity contribution in [2.24, 2.45) is 0 Å². The van der Waals surface area contributed by atoms with Gasteiger partial charge in [-0.25, -0.2) is 0 Å². The molecule has 0 spiro atoms. The van der Waals surface area contributed by atoms with Gasteiger partial charge >= 0.3 is 5.97 Å². The van der Waals surface area contributed by atoms with Gasteiger partial charge in [-0.3, -0.25) is 9.59 Å². The standard InChI is InChI=1S/C17H23NO3S/c1-2-21-17(20)9-8-16(19)18-11-10-15(22-13-12-18)14-6-4-3-5-7-14/h3-7,15H,2,8-13H2,1H3. The van der Waals surface area contributed by atoms with Gasteiger partial charge in [0.2, 0.25) is 5.91 Å². The molecule has 120 valence electrons. The van der Waals surface area contributed by atoms with Crippen LogP contribution in [0, 0.1) is 0 Å². The van der Waals surface area contributed by atoms with Crippen LogP contribution in [0.3, 0.4) is 0 Å². The Labute approximate surface area is 136 Å². The Morgan fingerprint density at radius 1 is 1.23 bits per heavy atom. The van der Waals surface area contributed by atoms with Crippen molar-refractivity contribution in [1.82, 2.24) is 4.90 Å². The van der Waals surface area contributed by atoms with E-state index < -0.39 is 0 Å². The molecular formula is C17H23NO3S. The second-order valence-corrected chi connectivity index (χ2v) is 6.56. The normalized spacial score (nSPS) is 18.6. The molecule has 1 saturated heterocycles. The molecule has 0 saturated carbocycles. The minimum Gasteiger partial charge on any atom is -0.466 e. The summed E-state index contributed by atoms with van der Waals surface area (Å²) >= 11 is 1.91. The topological polar surface area (TPSA) is 46.6 Å². The van der Waals surface area contributed by atoms with Gasteiger partial charge in [0.05, 0.1) is 13.0 Å². The molecule has 1 fully saturated rings. The van der Waals surface area contributed by atoms with Crippen LogP contribution in [-0.4, -0.2) is 42.2 Å². The van der Waals surface area contributed by atoms with E-state index in [4.69, 9.17) is 4.74 Å². The molecule has 1 amide bonds. The Hall–Kier alpha value is -1.49. The predicted octanol–water partition coefficient (Wildman–Crippen LogP) is 3.04. The zero-order valence-corrected chi connectivity index (χ0v) is 13.8. The number of ether oxygens (including phenoxy) is 1. The van der Waals surface area contributed by atoms with Crippen molar-refractivity contribution in [3.8, 4) is 0 Å². The summed E-state index contributed by atoms with van der Waals surface area (Å²) in [5.74, 6) is 0.703. The van der Waals surface area contributed by atoms with Crippen molar-refractivity contribution in [2.75, 3.05) is 25.4 Å². The Morgan fingerprint density at radius 3 is 2.73 bits per heavy atom. The Kier molecular flexibility index (Phi) is 6.77. The SMILES string of the molecule is CCOC(=O)CCC(=O)N1CCSC(c2ccccc2)CC1. The van der Waals surface area contributed by atoms with Gasteiger partial charge < -0.3 is 9.64 Å². The van der Waals surface area contributed by atoms with Gasteiger partial charge in [-0.2, -0.15) is 11.8 Å². The van der Waals surface area contributed by atoms with Gasteiger partial charge in [-0.1, -0.05) is 30.3 Å². The molecular weight excluding hydrogens is 298 g/mol. The van der Waals surface area contributed by atoms with Crippen LogP contribution in [-0.2, 0) is 14.3 Å². The second-order valence-electron chi connectivity index (χ2n) is 5.24. The van der Waals surface area contributed by atoms with Crippen LogP contribution in [0.4, 0.5) is 0 Å². The minimum atomic E-state index is -0.290. The monoisotopic (exact) mass is 321 g/mol. The first-order valence-corrected chi connectivity index (χ1v) is 8.85. The first-order chi connectivity index (χ1) is 10.7.